The summed E-state index contributed by atoms with van der Waals surface area (Å²) < 4.78 is 0. The van der Waals surface area contributed by atoms with Crippen molar-refractivity contribution in [3.05, 3.63) is 57.2 Å². The normalized spacial score (nSPS) is 10.1. The SMILES string of the molecule is Nc1c(Cl)cc(C(=O)Nc2ccccn2)cc1[N+](=O)[O-]. The first kappa shape index (κ1) is 13.8. The molecule has 0 aliphatic rings. The van der Waals surface area contributed by atoms with Crippen molar-refractivity contribution in [3.8, 4) is 0 Å². The van der Waals surface area contributed by atoms with E-state index in [-0.39, 0.29) is 16.3 Å². The lowest BCUT2D eigenvalue weighted by Crippen LogP contribution is -2.13. The van der Waals surface area contributed by atoms with Crippen molar-refractivity contribution in [2.75, 3.05) is 11.1 Å². The molecule has 0 saturated heterocycles. The van der Waals surface area contributed by atoms with Gasteiger partial charge < -0.3 is 11.1 Å². The minimum absolute atomic E-state index is 0.0292. The second kappa shape index (κ2) is 5.54. The van der Waals surface area contributed by atoms with Crippen LogP contribution in [0.4, 0.5) is 17.2 Å². The molecule has 0 atom stereocenters. The fourth-order valence-corrected chi connectivity index (χ4v) is 1.73. The molecule has 0 radical (unpaired) electrons. The Morgan fingerprint density at radius 1 is 1.40 bits per heavy atom. The number of nitrogens with one attached hydrogen (secondary N) is 1. The highest BCUT2D eigenvalue weighted by molar-refractivity contribution is 6.34. The summed E-state index contributed by atoms with van der Waals surface area (Å²) in [7, 11) is 0. The van der Waals surface area contributed by atoms with Crippen LogP contribution in [0.15, 0.2) is 36.5 Å². The zero-order valence-corrected chi connectivity index (χ0v) is 10.8. The van der Waals surface area contributed by atoms with Gasteiger partial charge in [0.15, 0.2) is 0 Å². The Balaban J connectivity index is 2.33. The van der Waals surface area contributed by atoms with E-state index in [1.807, 2.05) is 0 Å². The van der Waals surface area contributed by atoms with Gasteiger partial charge in [-0.1, -0.05) is 17.7 Å². The largest absolute Gasteiger partial charge is 0.392 e. The van der Waals surface area contributed by atoms with Gasteiger partial charge in [-0.25, -0.2) is 4.98 Å². The summed E-state index contributed by atoms with van der Waals surface area (Å²) in [5, 5.41) is 13.3. The van der Waals surface area contributed by atoms with Crippen LogP contribution in [0.3, 0.4) is 0 Å². The van der Waals surface area contributed by atoms with Crippen LogP contribution in [0.25, 0.3) is 0 Å². The van der Waals surface area contributed by atoms with E-state index in [1.165, 1.54) is 12.3 Å². The number of rotatable bonds is 3. The number of halogens is 1. The van der Waals surface area contributed by atoms with Crippen molar-refractivity contribution < 1.29 is 9.72 Å². The number of anilines is 2. The van der Waals surface area contributed by atoms with Gasteiger partial charge >= 0.3 is 0 Å². The Hall–Kier alpha value is -2.67. The van der Waals surface area contributed by atoms with Crippen molar-refractivity contribution in [1.82, 2.24) is 4.98 Å². The maximum atomic E-state index is 12.0. The minimum atomic E-state index is -0.696. The molecule has 3 N–H and O–H groups in total. The Morgan fingerprint density at radius 3 is 2.75 bits per heavy atom. The van der Waals surface area contributed by atoms with Crippen molar-refractivity contribution in [3.63, 3.8) is 0 Å². The molecule has 0 fully saturated rings. The number of amides is 1. The average Bonchev–Trinajstić information content (AvgIpc) is 2.42. The molecule has 0 bridgehead atoms. The molecule has 20 heavy (non-hydrogen) atoms. The molecule has 1 aromatic heterocycles. The monoisotopic (exact) mass is 292 g/mol. The number of carbonyl (C=O) groups excluding carboxylic acids is 1. The number of nitro benzene ring substituents is 1. The quantitative estimate of drug-likeness (QED) is 0.513. The summed E-state index contributed by atoms with van der Waals surface area (Å²) in [6, 6.07) is 7.31. The molecule has 8 heteroatoms. The van der Waals surface area contributed by atoms with E-state index in [1.54, 1.807) is 18.2 Å². The number of nitro groups is 1. The van der Waals surface area contributed by atoms with Crippen LogP contribution < -0.4 is 11.1 Å². The molecule has 0 unspecified atom stereocenters. The number of benzene rings is 1. The molecule has 1 aromatic carbocycles. The third-order valence-corrected chi connectivity index (χ3v) is 2.79. The fraction of sp³-hybridized carbons (Fsp3) is 0. The predicted octanol–water partition coefficient (Wildman–Crippen LogP) is 2.48. The van der Waals surface area contributed by atoms with Gasteiger partial charge in [0, 0.05) is 17.8 Å². The smallest absolute Gasteiger partial charge is 0.294 e. The van der Waals surface area contributed by atoms with Gasteiger partial charge in [-0.05, 0) is 18.2 Å². The lowest BCUT2D eigenvalue weighted by molar-refractivity contribution is -0.383. The third-order valence-electron chi connectivity index (χ3n) is 2.47. The predicted molar refractivity (Wildman–Crippen MR) is 74.7 cm³/mol. The highest BCUT2D eigenvalue weighted by atomic mass is 35.5. The highest BCUT2D eigenvalue weighted by Gasteiger charge is 2.19. The first-order chi connectivity index (χ1) is 9.49. The van der Waals surface area contributed by atoms with Gasteiger partial charge in [0.05, 0.1) is 9.95 Å². The van der Waals surface area contributed by atoms with Crippen LogP contribution in [0.2, 0.25) is 5.02 Å². The Kier molecular flexibility index (Phi) is 3.81. The number of carbonyl (C=O) groups is 1. The molecule has 2 aromatic rings. The summed E-state index contributed by atoms with van der Waals surface area (Å²) in [5.41, 5.74) is 4.93. The van der Waals surface area contributed by atoms with Crippen LogP contribution in [-0.4, -0.2) is 15.8 Å². The van der Waals surface area contributed by atoms with E-state index >= 15 is 0 Å². The van der Waals surface area contributed by atoms with Crippen LogP contribution in [0.1, 0.15) is 10.4 Å². The zero-order chi connectivity index (χ0) is 14.7. The Labute approximate surface area is 118 Å². The fourth-order valence-electron chi connectivity index (χ4n) is 1.51. The van der Waals surface area contributed by atoms with Gasteiger partial charge in [-0.15, -0.1) is 0 Å². The number of hydrogen-bond donors (Lipinski definition) is 2. The van der Waals surface area contributed by atoms with Crippen molar-refractivity contribution >= 4 is 34.7 Å². The highest BCUT2D eigenvalue weighted by Crippen LogP contribution is 2.31. The summed E-state index contributed by atoms with van der Waals surface area (Å²) in [6.45, 7) is 0. The molecular formula is C12H9ClN4O3. The van der Waals surface area contributed by atoms with Crippen molar-refractivity contribution in [2.24, 2.45) is 0 Å². The van der Waals surface area contributed by atoms with Gasteiger partial charge in [-0.3, -0.25) is 14.9 Å². The molecule has 0 saturated carbocycles. The van der Waals surface area contributed by atoms with E-state index in [9.17, 15) is 14.9 Å². The number of nitrogens with zero attached hydrogens (tertiary/aromatic N) is 2. The lowest BCUT2D eigenvalue weighted by atomic mass is 10.1. The standard InChI is InChI=1S/C12H9ClN4O3/c13-8-5-7(6-9(11(8)14)17(19)20)12(18)16-10-3-1-2-4-15-10/h1-6H,14H2,(H,15,16,18). The number of aromatic nitrogens is 1. The summed E-state index contributed by atoms with van der Waals surface area (Å²) in [6.07, 6.45) is 1.51. The van der Waals surface area contributed by atoms with Crippen molar-refractivity contribution in [2.45, 2.75) is 0 Å². The van der Waals surface area contributed by atoms with E-state index < -0.39 is 16.5 Å². The minimum Gasteiger partial charge on any atom is -0.392 e. The maximum absolute atomic E-state index is 12.0. The Bertz CT molecular complexity index is 676. The van der Waals surface area contributed by atoms with Gasteiger partial charge in [-0.2, -0.15) is 0 Å². The molecule has 1 heterocycles. The summed E-state index contributed by atoms with van der Waals surface area (Å²) >= 11 is 5.79. The molecule has 7 nitrogen and oxygen atoms in total. The third kappa shape index (κ3) is 2.83. The number of hydrogen-bond acceptors (Lipinski definition) is 5. The van der Waals surface area contributed by atoms with E-state index in [2.05, 4.69) is 10.3 Å². The number of nitrogens with two attached hydrogens (primary N) is 1. The van der Waals surface area contributed by atoms with Crippen LogP contribution in [0, 0.1) is 10.1 Å². The molecular weight excluding hydrogens is 284 g/mol. The molecule has 102 valence electrons. The van der Waals surface area contributed by atoms with Crippen LogP contribution >= 0.6 is 11.6 Å². The molecule has 0 aliphatic heterocycles. The average molecular weight is 293 g/mol. The first-order valence-electron chi connectivity index (χ1n) is 5.45. The second-order valence-corrected chi connectivity index (χ2v) is 4.22. The van der Waals surface area contributed by atoms with Crippen LogP contribution in [-0.2, 0) is 0 Å². The van der Waals surface area contributed by atoms with E-state index in [0.717, 1.165) is 6.07 Å². The lowest BCUT2D eigenvalue weighted by Gasteiger charge is -2.06. The molecule has 0 spiro atoms. The van der Waals surface area contributed by atoms with Crippen LogP contribution in [0.5, 0.6) is 0 Å². The molecule has 1 amide bonds. The first-order valence-corrected chi connectivity index (χ1v) is 5.82. The molecule has 0 aliphatic carbocycles. The van der Waals surface area contributed by atoms with E-state index in [4.69, 9.17) is 17.3 Å². The van der Waals surface area contributed by atoms with Gasteiger partial charge in [0.1, 0.15) is 11.5 Å². The molecule has 2 rings (SSSR count). The topological polar surface area (TPSA) is 111 Å². The maximum Gasteiger partial charge on any atom is 0.294 e. The van der Waals surface area contributed by atoms with Gasteiger partial charge in [0.2, 0.25) is 0 Å². The van der Waals surface area contributed by atoms with Gasteiger partial charge in [0.25, 0.3) is 11.6 Å². The Morgan fingerprint density at radius 2 is 2.15 bits per heavy atom. The van der Waals surface area contributed by atoms with E-state index in [0.29, 0.717) is 5.82 Å². The van der Waals surface area contributed by atoms with Crippen molar-refractivity contribution in [1.29, 1.82) is 0 Å². The number of nitrogen functional groups attached to an aromatic ring is 1. The summed E-state index contributed by atoms with van der Waals surface area (Å²) in [5.74, 6) is -0.234. The number of pyridine rings is 1. The zero-order valence-electron chi connectivity index (χ0n) is 10.0. The second-order valence-electron chi connectivity index (χ2n) is 3.82. The summed E-state index contributed by atoms with van der Waals surface area (Å²) in [4.78, 5) is 26.0.